The normalized spacial score (nSPS) is 14.9. The number of hydrogen-bond acceptors (Lipinski definition) is 5. The summed E-state index contributed by atoms with van der Waals surface area (Å²) in [6.45, 7) is 3.59. The minimum Gasteiger partial charge on any atom is -0.507 e. The van der Waals surface area contributed by atoms with Crippen LogP contribution >= 0.6 is 0 Å². The molecule has 156 valence electrons. The fourth-order valence-electron chi connectivity index (χ4n) is 3.83. The van der Waals surface area contributed by atoms with Crippen LogP contribution in [0.2, 0.25) is 0 Å². The molecular weight excluding hydrogens is 388 g/mol. The van der Waals surface area contributed by atoms with Crippen LogP contribution in [-0.2, 0) is 11.3 Å². The van der Waals surface area contributed by atoms with Gasteiger partial charge < -0.3 is 15.3 Å². The molecule has 0 atom stereocenters. The number of amides is 1. The largest absolute Gasteiger partial charge is 0.507 e. The molecule has 6 heteroatoms. The molecule has 1 heterocycles. The monoisotopic (exact) mass is 412 g/mol. The molecule has 0 spiro atoms. The molecule has 1 aliphatic rings. The van der Waals surface area contributed by atoms with Crippen LogP contribution in [0.5, 0.6) is 5.75 Å². The number of piperazine rings is 1. The molecule has 0 bridgehead atoms. The van der Waals surface area contributed by atoms with Gasteiger partial charge in [0.05, 0.1) is 0 Å². The number of fused-ring (bicyclic) bond motifs is 1. The number of nitrogens with one attached hydrogen (secondary N) is 1. The Labute approximate surface area is 181 Å². The number of nitrogens with zero attached hydrogens (tertiary/aromatic N) is 3. The van der Waals surface area contributed by atoms with Crippen LogP contribution in [0.4, 0.5) is 5.69 Å². The van der Waals surface area contributed by atoms with Gasteiger partial charge in [-0.05, 0) is 17.7 Å². The van der Waals surface area contributed by atoms with Crippen LogP contribution in [-0.4, -0.2) is 47.0 Å². The van der Waals surface area contributed by atoms with E-state index in [1.165, 1.54) is 11.8 Å². The fourth-order valence-corrected chi connectivity index (χ4v) is 3.83. The van der Waals surface area contributed by atoms with Gasteiger partial charge in [-0.25, -0.2) is 0 Å². The zero-order valence-corrected chi connectivity index (χ0v) is 17.2. The summed E-state index contributed by atoms with van der Waals surface area (Å²) in [6.07, 6.45) is 1.46. The van der Waals surface area contributed by atoms with E-state index in [0.717, 1.165) is 30.7 Å². The third-order valence-electron chi connectivity index (χ3n) is 5.53. The quantitative estimate of drug-likeness (QED) is 0.493. The highest BCUT2D eigenvalue weighted by Gasteiger charge is 2.23. The van der Waals surface area contributed by atoms with Crippen molar-refractivity contribution in [1.82, 2.24) is 9.80 Å². The summed E-state index contributed by atoms with van der Waals surface area (Å²) in [5.41, 5.74) is 2.04. The number of phenols is 1. The summed E-state index contributed by atoms with van der Waals surface area (Å²) in [4.78, 5) is 16.9. The molecule has 1 aliphatic heterocycles. The van der Waals surface area contributed by atoms with Crippen LogP contribution < -0.4 is 5.32 Å². The van der Waals surface area contributed by atoms with Crippen molar-refractivity contribution >= 4 is 22.4 Å². The minimum absolute atomic E-state index is 0.0636. The van der Waals surface area contributed by atoms with Gasteiger partial charge in [-0.1, -0.05) is 54.6 Å². The average Bonchev–Trinajstić information content (AvgIpc) is 2.81. The Kier molecular flexibility index (Phi) is 6.16. The summed E-state index contributed by atoms with van der Waals surface area (Å²) in [7, 11) is 0. The van der Waals surface area contributed by atoms with Gasteiger partial charge in [0.25, 0.3) is 5.91 Å². The van der Waals surface area contributed by atoms with Crippen molar-refractivity contribution in [2.45, 2.75) is 6.54 Å². The molecule has 3 aromatic carbocycles. The average molecular weight is 412 g/mol. The first kappa shape index (κ1) is 20.5. The second-order valence-corrected chi connectivity index (χ2v) is 7.55. The highest BCUT2D eigenvalue weighted by molar-refractivity contribution is 6.00. The van der Waals surface area contributed by atoms with Crippen LogP contribution in [0.25, 0.3) is 10.8 Å². The van der Waals surface area contributed by atoms with Crippen LogP contribution in [0.3, 0.4) is 0 Å². The van der Waals surface area contributed by atoms with Crippen molar-refractivity contribution in [3.05, 3.63) is 84.1 Å². The minimum atomic E-state index is -0.266. The Morgan fingerprint density at radius 2 is 1.68 bits per heavy atom. The van der Waals surface area contributed by atoms with E-state index in [9.17, 15) is 15.2 Å². The van der Waals surface area contributed by atoms with E-state index in [-0.39, 0.29) is 17.2 Å². The van der Waals surface area contributed by atoms with E-state index in [1.54, 1.807) is 17.0 Å². The van der Waals surface area contributed by atoms with Crippen LogP contribution in [0, 0.1) is 11.3 Å². The maximum absolute atomic E-state index is 12.9. The topological polar surface area (TPSA) is 79.6 Å². The lowest BCUT2D eigenvalue weighted by atomic mass is 10.1. The van der Waals surface area contributed by atoms with Crippen molar-refractivity contribution in [3.63, 3.8) is 0 Å². The van der Waals surface area contributed by atoms with Crippen LogP contribution in [0.1, 0.15) is 5.56 Å². The van der Waals surface area contributed by atoms with E-state index in [4.69, 9.17) is 0 Å². The molecule has 6 nitrogen and oxygen atoms in total. The zero-order valence-electron chi connectivity index (χ0n) is 17.2. The number of rotatable bonds is 5. The van der Waals surface area contributed by atoms with Gasteiger partial charge in [-0.2, -0.15) is 5.26 Å². The third-order valence-corrected chi connectivity index (χ3v) is 5.53. The zero-order chi connectivity index (χ0) is 21.6. The summed E-state index contributed by atoms with van der Waals surface area (Å²) in [6, 6.07) is 23.1. The SMILES string of the molecule is N#C/C(=C/Nc1cccc2c(O)cccc12)C(=O)N1CCN(Cc2ccccc2)CC1. The van der Waals surface area contributed by atoms with Gasteiger partial charge in [0.15, 0.2) is 0 Å². The van der Waals surface area contributed by atoms with Gasteiger partial charge in [0.1, 0.15) is 17.4 Å². The van der Waals surface area contributed by atoms with E-state index in [1.807, 2.05) is 48.5 Å². The fraction of sp³-hybridized carbons (Fsp3) is 0.200. The summed E-state index contributed by atoms with van der Waals surface area (Å²) in [5, 5.41) is 24.2. The first-order chi connectivity index (χ1) is 15.2. The standard InChI is InChI=1S/C25H24N4O2/c26-16-20(17-27-23-10-4-9-22-21(23)8-5-11-24(22)30)25(31)29-14-12-28(13-15-29)18-19-6-2-1-3-7-19/h1-11,17,27,30H,12-15,18H2/b20-17-. The molecule has 0 radical (unpaired) electrons. The Hall–Kier alpha value is -3.82. The molecule has 4 rings (SSSR count). The van der Waals surface area contributed by atoms with E-state index in [0.29, 0.717) is 18.5 Å². The highest BCUT2D eigenvalue weighted by atomic mass is 16.3. The molecule has 0 aliphatic carbocycles. The Morgan fingerprint density at radius 1 is 0.968 bits per heavy atom. The smallest absolute Gasteiger partial charge is 0.266 e. The van der Waals surface area contributed by atoms with E-state index >= 15 is 0 Å². The van der Waals surface area contributed by atoms with Crippen molar-refractivity contribution < 1.29 is 9.90 Å². The first-order valence-electron chi connectivity index (χ1n) is 10.3. The van der Waals surface area contributed by atoms with E-state index < -0.39 is 0 Å². The molecule has 1 fully saturated rings. The molecule has 0 saturated carbocycles. The number of aromatic hydroxyl groups is 1. The number of carbonyl (C=O) groups is 1. The summed E-state index contributed by atoms with van der Waals surface area (Å²) in [5.74, 6) is -0.0764. The van der Waals surface area contributed by atoms with Crippen molar-refractivity contribution in [2.75, 3.05) is 31.5 Å². The number of hydrogen-bond donors (Lipinski definition) is 2. The second kappa shape index (κ2) is 9.33. The van der Waals surface area contributed by atoms with E-state index in [2.05, 4.69) is 22.3 Å². The Bertz CT molecular complexity index is 1140. The molecular formula is C25H24N4O2. The maximum atomic E-state index is 12.9. The molecule has 0 aromatic heterocycles. The van der Waals surface area contributed by atoms with Crippen LogP contribution in [0.15, 0.2) is 78.5 Å². The van der Waals surface area contributed by atoms with Gasteiger partial charge in [0.2, 0.25) is 0 Å². The molecule has 2 N–H and O–H groups in total. The molecule has 3 aromatic rings. The lowest BCUT2D eigenvalue weighted by Crippen LogP contribution is -2.48. The van der Waals surface area contributed by atoms with Crippen molar-refractivity contribution in [3.8, 4) is 11.8 Å². The predicted octanol–water partition coefficient (Wildman–Crippen LogP) is 3.71. The Morgan fingerprint density at radius 3 is 2.42 bits per heavy atom. The lowest BCUT2D eigenvalue weighted by Gasteiger charge is -2.34. The van der Waals surface area contributed by atoms with Gasteiger partial charge in [-0.15, -0.1) is 0 Å². The molecule has 0 unspecified atom stereocenters. The second-order valence-electron chi connectivity index (χ2n) is 7.55. The maximum Gasteiger partial charge on any atom is 0.266 e. The molecule has 31 heavy (non-hydrogen) atoms. The van der Waals surface area contributed by atoms with Crippen molar-refractivity contribution in [2.24, 2.45) is 0 Å². The van der Waals surface area contributed by atoms with Gasteiger partial charge in [-0.3, -0.25) is 9.69 Å². The molecule has 1 amide bonds. The van der Waals surface area contributed by atoms with Crippen molar-refractivity contribution in [1.29, 1.82) is 5.26 Å². The third kappa shape index (κ3) is 4.68. The number of benzene rings is 3. The molecule has 1 saturated heterocycles. The number of anilines is 1. The van der Waals surface area contributed by atoms with Gasteiger partial charge >= 0.3 is 0 Å². The summed E-state index contributed by atoms with van der Waals surface area (Å²) >= 11 is 0. The summed E-state index contributed by atoms with van der Waals surface area (Å²) < 4.78 is 0. The number of nitriles is 1. The number of carbonyl (C=O) groups excluding carboxylic acids is 1. The Balaban J connectivity index is 1.41. The predicted molar refractivity (Wildman–Crippen MR) is 121 cm³/mol. The number of phenolic OH excluding ortho intramolecular Hbond substituents is 1. The lowest BCUT2D eigenvalue weighted by molar-refractivity contribution is -0.128. The first-order valence-corrected chi connectivity index (χ1v) is 10.3. The highest BCUT2D eigenvalue weighted by Crippen LogP contribution is 2.29. The van der Waals surface area contributed by atoms with Gasteiger partial charge in [0, 0.05) is 55.4 Å².